The molecule has 31 heavy (non-hydrogen) atoms. The van der Waals surface area contributed by atoms with Crippen molar-refractivity contribution in [3.05, 3.63) is 71.8 Å². The number of carbonyl (C=O) groups is 2. The Hall–Kier alpha value is -2.66. The molecule has 2 aromatic rings. The number of hydrogen-bond donors (Lipinski definition) is 0. The van der Waals surface area contributed by atoms with Gasteiger partial charge < -0.3 is 14.2 Å². The van der Waals surface area contributed by atoms with Crippen molar-refractivity contribution < 1.29 is 23.8 Å². The van der Waals surface area contributed by atoms with E-state index in [0.717, 1.165) is 19.4 Å². The first-order valence-electron chi connectivity index (χ1n) is 11.3. The first kappa shape index (κ1) is 20.3. The van der Waals surface area contributed by atoms with Gasteiger partial charge in [-0.15, -0.1) is 0 Å². The number of ether oxygens (including phenoxy) is 3. The Morgan fingerprint density at radius 3 is 1.87 bits per heavy atom. The van der Waals surface area contributed by atoms with Crippen LogP contribution in [0.25, 0.3) is 0 Å². The molecule has 5 heteroatoms. The van der Waals surface area contributed by atoms with E-state index >= 15 is 0 Å². The van der Waals surface area contributed by atoms with Crippen molar-refractivity contribution in [3.63, 3.8) is 0 Å². The molecule has 3 aliphatic rings. The summed E-state index contributed by atoms with van der Waals surface area (Å²) in [4.78, 5) is 25.6. The normalized spacial score (nSPS) is 31.9. The van der Waals surface area contributed by atoms with Crippen LogP contribution in [0.15, 0.2) is 60.7 Å². The molecule has 0 aromatic heterocycles. The standard InChI is InChI=1S/C26H28O5/c27-25(18-7-3-1-4-8-18)30-22-15-20-12-11-17-13-14-29-24(17)21(20)16-23(22)31-26(28)19-9-5-2-6-10-19/h1-10,17,20-24H,11-16H2. The molecular weight excluding hydrogens is 392 g/mol. The molecule has 6 unspecified atom stereocenters. The van der Waals surface area contributed by atoms with Crippen molar-refractivity contribution in [2.45, 2.75) is 50.4 Å². The van der Waals surface area contributed by atoms with Gasteiger partial charge in [-0.05, 0) is 74.1 Å². The van der Waals surface area contributed by atoms with Gasteiger partial charge in [0.05, 0.1) is 17.2 Å². The van der Waals surface area contributed by atoms with Crippen LogP contribution >= 0.6 is 0 Å². The van der Waals surface area contributed by atoms with Crippen molar-refractivity contribution in [3.8, 4) is 0 Å². The lowest BCUT2D eigenvalue weighted by Gasteiger charge is -2.46. The number of hydrogen-bond acceptors (Lipinski definition) is 5. The van der Waals surface area contributed by atoms with Crippen LogP contribution in [0, 0.1) is 17.8 Å². The van der Waals surface area contributed by atoms with E-state index in [-0.39, 0.29) is 18.0 Å². The molecular formula is C26H28O5. The van der Waals surface area contributed by atoms with E-state index in [4.69, 9.17) is 14.2 Å². The zero-order chi connectivity index (χ0) is 21.2. The predicted molar refractivity (Wildman–Crippen MR) is 115 cm³/mol. The van der Waals surface area contributed by atoms with Crippen LogP contribution < -0.4 is 0 Å². The van der Waals surface area contributed by atoms with Crippen LogP contribution in [0.5, 0.6) is 0 Å². The smallest absolute Gasteiger partial charge is 0.338 e. The molecule has 1 aliphatic heterocycles. The molecule has 3 fully saturated rings. The largest absolute Gasteiger partial charge is 0.455 e. The second-order valence-corrected chi connectivity index (χ2v) is 8.98. The molecule has 0 amide bonds. The second kappa shape index (κ2) is 8.83. The number of benzene rings is 2. The van der Waals surface area contributed by atoms with Gasteiger partial charge in [0.2, 0.25) is 0 Å². The molecule has 0 bridgehead atoms. The summed E-state index contributed by atoms with van der Waals surface area (Å²) in [5.74, 6) is 0.649. The Kier molecular flexibility index (Phi) is 5.77. The Bertz CT molecular complexity index is 912. The van der Waals surface area contributed by atoms with E-state index < -0.39 is 12.2 Å². The van der Waals surface area contributed by atoms with Crippen LogP contribution in [-0.2, 0) is 14.2 Å². The molecule has 0 N–H and O–H groups in total. The molecule has 2 aliphatic carbocycles. The average molecular weight is 421 g/mol. The molecule has 5 nitrogen and oxygen atoms in total. The molecule has 0 radical (unpaired) electrons. The summed E-state index contributed by atoms with van der Waals surface area (Å²) in [5, 5.41) is 0. The highest BCUT2D eigenvalue weighted by molar-refractivity contribution is 5.90. The fraction of sp³-hybridized carbons (Fsp3) is 0.462. The van der Waals surface area contributed by atoms with Crippen LogP contribution in [0.3, 0.4) is 0 Å². The van der Waals surface area contributed by atoms with E-state index in [9.17, 15) is 9.59 Å². The van der Waals surface area contributed by atoms with E-state index in [2.05, 4.69) is 0 Å². The van der Waals surface area contributed by atoms with Gasteiger partial charge in [0, 0.05) is 6.61 Å². The fourth-order valence-corrected chi connectivity index (χ4v) is 5.65. The zero-order valence-electron chi connectivity index (χ0n) is 17.5. The number of fused-ring (bicyclic) bond motifs is 3. The predicted octanol–water partition coefficient (Wildman–Crippen LogP) is 4.66. The quantitative estimate of drug-likeness (QED) is 0.673. The van der Waals surface area contributed by atoms with Gasteiger partial charge in [-0.25, -0.2) is 9.59 Å². The van der Waals surface area contributed by atoms with Crippen molar-refractivity contribution in [2.75, 3.05) is 6.61 Å². The van der Waals surface area contributed by atoms with Crippen molar-refractivity contribution in [2.24, 2.45) is 17.8 Å². The molecule has 1 heterocycles. The lowest BCUT2D eigenvalue weighted by molar-refractivity contribution is -0.112. The van der Waals surface area contributed by atoms with Gasteiger partial charge in [-0.3, -0.25) is 0 Å². The van der Waals surface area contributed by atoms with E-state index in [1.807, 2.05) is 36.4 Å². The molecule has 5 rings (SSSR count). The van der Waals surface area contributed by atoms with Gasteiger partial charge in [0.1, 0.15) is 12.2 Å². The van der Waals surface area contributed by atoms with Crippen LogP contribution in [0.2, 0.25) is 0 Å². The van der Waals surface area contributed by atoms with Crippen molar-refractivity contribution in [1.29, 1.82) is 0 Å². The molecule has 2 aromatic carbocycles. The Morgan fingerprint density at radius 1 is 0.710 bits per heavy atom. The summed E-state index contributed by atoms with van der Waals surface area (Å²) in [6, 6.07) is 18.0. The maximum Gasteiger partial charge on any atom is 0.338 e. The third-order valence-corrected chi connectivity index (χ3v) is 7.19. The number of carbonyl (C=O) groups excluding carboxylic acids is 2. The summed E-state index contributed by atoms with van der Waals surface area (Å²) in [5.41, 5.74) is 1.02. The van der Waals surface area contributed by atoms with E-state index in [0.29, 0.717) is 41.7 Å². The first-order chi connectivity index (χ1) is 15.2. The maximum absolute atomic E-state index is 12.8. The van der Waals surface area contributed by atoms with Crippen molar-refractivity contribution in [1.82, 2.24) is 0 Å². The Balaban J connectivity index is 1.36. The summed E-state index contributed by atoms with van der Waals surface area (Å²) < 4.78 is 18.0. The van der Waals surface area contributed by atoms with Gasteiger partial charge in [0.25, 0.3) is 0 Å². The molecule has 0 spiro atoms. The van der Waals surface area contributed by atoms with Crippen LogP contribution in [0.1, 0.15) is 52.8 Å². The summed E-state index contributed by atoms with van der Waals surface area (Å²) in [6.45, 7) is 0.819. The number of esters is 2. The lowest BCUT2D eigenvalue weighted by Crippen LogP contribution is -2.50. The second-order valence-electron chi connectivity index (χ2n) is 8.98. The van der Waals surface area contributed by atoms with E-state index in [1.54, 1.807) is 24.3 Å². The van der Waals surface area contributed by atoms with Crippen LogP contribution in [-0.4, -0.2) is 36.9 Å². The third kappa shape index (κ3) is 4.24. The van der Waals surface area contributed by atoms with Crippen molar-refractivity contribution >= 4 is 11.9 Å². The van der Waals surface area contributed by atoms with Gasteiger partial charge in [-0.2, -0.15) is 0 Å². The highest BCUT2D eigenvalue weighted by Gasteiger charge is 2.50. The highest BCUT2D eigenvalue weighted by Crippen LogP contribution is 2.48. The third-order valence-electron chi connectivity index (χ3n) is 7.19. The lowest BCUT2D eigenvalue weighted by atomic mass is 9.64. The minimum absolute atomic E-state index is 0.238. The molecule has 1 saturated heterocycles. The SMILES string of the molecule is O=C(OC1CC2CCC3CCOC3C2CC1OC(=O)c1ccccc1)c1ccccc1. The Labute approximate surface area is 182 Å². The van der Waals surface area contributed by atoms with Crippen LogP contribution in [0.4, 0.5) is 0 Å². The van der Waals surface area contributed by atoms with Gasteiger partial charge in [0.15, 0.2) is 0 Å². The Morgan fingerprint density at radius 2 is 1.26 bits per heavy atom. The molecule has 162 valence electrons. The van der Waals surface area contributed by atoms with Gasteiger partial charge >= 0.3 is 11.9 Å². The summed E-state index contributed by atoms with van der Waals surface area (Å²) in [7, 11) is 0. The summed E-state index contributed by atoms with van der Waals surface area (Å²) in [6.07, 6.45) is 4.12. The average Bonchev–Trinajstić information content (AvgIpc) is 3.30. The van der Waals surface area contributed by atoms with E-state index in [1.165, 1.54) is 6.42 Å². The number of rotatable bonds is 4. The zero-order valence-corrected chi connectivity index (χ0v) is 17.5. The highest BCUT2D eigenvalue weighted by atomic mass is 16.6. The van der Waals surface area contributed by atoms with Gasteiger partial charge in [-0.1, -0.05) is 36.4 Å². The maximum atomic E-state index is 12.8. The topological polar surface area (TPSA) is 61.8 Å². The summed E-state index contributed by atoms with van der Waals surface area (Å²) >= 11 is 0. The fourth-order valence-electron chi connectivity index (χ4n) is 5.65. The minimum Gasteiger partial charge on any atom is -0.455 e. The minimum atomic E-state index is -0.468. The molecule has 6 atom stereocenters. The first-order valence-corrected chi connectivity index (χ1v) is 11.3. The molecule has 2 saturated carbocycles. The monoisotopic (exact) mass is 420 g/mol.